The fourth-order valence-electron chi connectivity index (χ4n) is 4.14. The first-order valence-corrected chi connectivity index (χ1v) is 13.7. The molecule has 2 aromatic rings. The third-order valence-electron chi connectivity index (χ3n) is 5.83. The van der Waals surface area contributed by atoms with Crippen molar-refractivity contribution in [1.29, 1.82) is 0 Å². The third kappa shape index (κ3) is 6.82. The van der Waals surface area contributed by atoms with E-state index < -0.39 is 45.3 Å². The quantitative estimate of drug-likeness (QED) is 0.161. The zero-order valence-corrected chi connectivity index (χ0v) is 21.3. The SMILES string of the molecule is CCOC(=O)OCOP(=O)(O)COC[C@H]1O[C@@H](n2ncc3c(NC4CCCC4)nc(Cl)nc32)C[C@@H]1O. The van der Waals surface area contributed by atoms with E-state index in [4.69, 9.17) is 21.1 Å². The van der Waals surface area contributed by atoms with Crippen LogP contribution < -0.4 is 5.32 Å². The van der Waals surface area contributed by atoms with Crippen LogP contribution in [-0.2, 0) is 28.0 Å². The van der Waals surface area contributed by atoms with E-state index in [0.717, 1.165) is 25.7 Å². The second-order valence-corrected chi connectivity index (χ2v) is 10.6. The third-order valence-corrected chi connectivity index (χ3v) is 7.02. The van der Waals surface area contributed by atoms with Gasteiger partial charge >= 0.3 is 13.8 Å². The fraction of sp³-hybridized carbons (Fsp3) is 0.700. The van der Waals surface area contributed by atoms with Gasteiger partial charge in [-0.05, 0) is 31.4 Å². The molecule has 2 fully saturated rings. The van der Waals surface area contributed by atoms with Gasteiger partial charge in [0.1, 0.15) is 18.3 Å². The highest BCUT2D eigenvalue weighted by molar-refractivity contribution is 7.52. The summed E-state index contributed by atoms with van der Waals surface area (Å²) in [4.78, 5) is 29.5. The lowest BCUT2D eigenvalue weighted by Gasteiger charge is -2.17. The first-order chi connectivity index (χ1) is 17.3. The summed E-state index contributed by atoms with van der Waals surface area (Å²) < 4.78 is 38.3. The number of aliphatic hydroxyl groups is 1. The standard InChI is InChI=1S/C20H29ClN5O9P/c1-2-32-20(28)33-10-34-36(29,30)11-31-9-15-14(27)7-16(35-15)26-18-13(8-22-26)17(24-19(21)25-18)23-12-5-3-4-6-12/h8,12,14-16,27H,2-7,9-11H2,1H3,(H,29,30)(H,23,24,25)/t14-,15+,16+/m0/s1. The Kier molecular flexibility index (Phi) is 8.99. The summed E-state index contributed by atoms with van der Waals surface area (Å²) in [5.74, 6) is 0.604. The molecule has 0 aromatic carbocycles. The average Bonchev–Trinajstić information content (AvgIpc) is 3.54. The van der Waals surface area contributed by atoms with Gasteiger partial charge in [-0.1, -0.05) is 12.8 Å². The molecule has 36 heavy (non-hydrogen) atoms. The summed E-state index contributed by atoms with van der Waals surface area (Å²) in [7, 11) is -4.21. The number of carbonyl (C=O) groups is 1. The number of aromatic nitrogens is 4. The number of aliphatic hydroxyl groups excluding tert-OH is 1. The van der Waals surface area contributed by atoms with Crippen LogP contribution in [0.5, 0.6) is 0 Å². The average molecular weight is 550 g/mol. The lowest BCUT2D eigenvalue weighted by atomic mass is 10.2. The van der Waals surface area contributed by atoms with E-state index in [0.29, 0.717) is 22.9 Å². The molecular weight excluding hydrogens is 521 g/mol. The van der Waals surface area contributed by atoms with Crippen molar-refractivity contribution < 1.29 is 42.8 Å². The predicted octanol–water partition coefficient (Wildman–Crippen LogP) is 2.79. The smallest absolute Gasteiger partial charge is 0.435 e. The zero-order valence-electron chi connectivity index (χ0n) is 19.6. The van der Waals surface area contributed by atoms with Crippen LogP contribution in [0.3, 0.4) is 0 Å². The molecule has 1 saturated heterocycles. The van der Waals surface area contributed by atoms with Gasteiger partial charge < -0.3 is 34.3 Å². The molecule has 2 aliphatic rings. The Balaban J connectivity index is 1.32. The van der Waals surface area contributed by atoms with Crippen molar-refractivity contribution in [3.63, 3.8) is 0 Å². The molecule has 16 heteroatoms. The number of anilines is 1. The Bertz CT molecular complexity index is 1100. The van der Waals surface area contributed by atoms with E-state index in [1.54, 1.807) is 13.1 Å². The number of hydrogen-bond acceptors (Lipinski definition) is 12. The highest BCUT2D eigenvalue weighted by Gasteiger charge is 2.37. The summed E-state index contributed by atoms with van der Waals surface area (Å²) in [5.41, 5.74) is 0.462. The van der Waals surface area contributed by atoms with E-state index in [1.165, 1.54) is 4.68 Å². The Labute approximate surface area is 211 Å². The van der Waals surface area contributed by atoms with Crippen molar-refractivity contribution in [2.75, 3.05) is 31.7 Å². The van der Waals surface area contributed by atoms with Gasteiger partial charge in [-0.3, -0.25) is 9.09 Å². The van der Waals surface area contributed by atoms with E-state index in [1.807, 2.05) is 0 Å². The van der Waals surface area contributed by atoms with E-state index in [-0.39, 0.29) is 24.9 Å². The van der Waals surface area contributed by atoms with Gasteiger partial charge in [0.2, 0.25) is 12.1 Å². The number of ether oxygens (including phenoxy) is 4. The maximum atomic E-state index is 12.0. The Morgan fingerprint density at radius 2 is 2.11 bits per heavy atom. The molecule has 1 unspecified atom stereocenters. The van der Waals surface area contributed by atoms with Gasteiger partial charge in [-0.2, -0.15) is 15.1 Å². The lowest BCUT2D eigenvalue weighted by Crippen LogP contribution is -2.26. The molecule has 14 nitrogen and oxygen atoms in total. The maximum Gasteiger partial charge on any atom is 0.510 e. The Morgan fingerprint density at radius 3 is 2.86 bits per heavy atom. The largest absolute Gasteiger partial charge is 0.510 e. The topological polar surface area (TPSA) is 176 Å². The van der Waals surface area contributed by atoms with Crippen molar-refractivity contribution in [3.8, 4) is 0 Å². The molecule has 3 heterocycles. The van der Waals surface area contributed by atoms with Crippen molar-refractivity contribution in [1.82, 2.24) is 19.7 Å². The van der Waals surface area contributed by atoms with Gasteiger partial charge in [-0.15, -0.1) is 0 Å². The minimum Gasteiger partial charge on any atom is -0.435 e. The van der Waals surface area contributed by atoms with Crippen LogP contribution in [0.1, 0.15) is 45.3 Å². The highest BCUT2D eigenvalue weighted by atomic mass is 35.5. The summed E-state index contributed by atoms with van der Waals surface area (Å²) in [6.07, 6.45) is 2.16. The molecule has 0 amide bonds. The number of carbonyl (C=O) groups excluding carboxylic acids is 1. The molecule has 0 bridgehead atoms. The van der Waals surface area contributed by atoms with Crippen molar-refractivity contribution >= 4 is 42.2 Å². The summed E-state index contributed by atoms with van der Waals surface area (Å²) in [6, 6.07) is 0.316. The molecule has 0 radical (unpaired) electrons. The minimum absolute atomic E-state index is 0.0637. The van der Waals surface area contributed by atoms with Crippen LogP contribution in [-0.4, -0.2) is 80.5 Å². The van der Waals surface area contributed by atoms with Crippen LogP contribution in [0.4, 0.5) is 10.6 Å². The lowest BCUT2D eigenvalue weighted by molar-refractivity contribution is -0.0610. The van der Waals surface area contributed by atoms with Crippen LogP contribution >= 0.6 is 19.2 Å². The van der Waals surface area contributed by atoms with Crippen molar-refractivity contribution in [2.45, 2.75) is 63.5 Å². The monoisotopic (exact) mass is 549 g/mol. The molecular formula is C20H29ClN5O9P. The molecule has 4 atom stereocenters. The molecule has 3 N–H and O–H groups in total. The molecule has 200 valence electrons. The number of nitrogens with zero attached hydrogens (tertiary/aromatic N) is 4. The fourth-order valence-corrected chi connectivity index (χ4v) is 4.93. The molecule has 0 spiro atoms. The van der Waals surface area contributed by atoms with E-state index in [2.05, 4.69) is 34.4 Å². The van der Waals surface area contributed by atoms with Gasteiger partial charge in [0.25, 0.3) is 0 Å². The Morgan fingerprint density at radius 1 is 1.33 bits per heavy atom. The first-order valence-electron chi connectivity index (χ1n) is 11.6. The number of rotatable bonds is 11. The zero-order chi connectivity index (χ0) is 25.7. The molecule has 1 aliphatic carbocycles. The molecule has 1 saturated carbocycles. The van der Waals surface area contributed by atoms with Gasteiger partial charge in [0, 0.05) is 12.5 Å². The minimum atomic E-state index is -4.21. The second-order valence-electron chi connectivity index (χ2n) is 8.44. The van der Waals surface area contributed by atoms with E-state index in [9.17, 15) is 19.4 Å². The molecule has 4 rings (SSSR count). The number of halogens is 1. The summed E-state index contributed by atoms with van der Waals surface area (Å²) in [5, 5.41) is 19.0. The van der Waals surface area contributed by atoms with Crippen LogP contribution in [0.2, 0.25) is 5.28 Å². The van der Waals surface area contributed by atoms with Crippen LogP contribution in [0.25, 0.3) is 11.0 Å². The number of hydrogen-bond donors (Lipinski definition) is 3. The molecule has 1 aliphatic heterocycles. The molecule has 2 aromatic heterocycles. The summed E-state index contributed by atoms with van der Waals surface area (Å²) in [6.45, 7) is 0.722. The van der Waals surface area contributed by atoms with Gasteiger partial charge in [0.05, 0.1) is 30.9 Å². The number of nitrogens with one attached hydrogen (secondary N) is 1. The normalized spacial score (nSPS) is 24.2. The second kappa shape index (κ2) is 12.0. The van der Waals surface area contributed by atoms with Gasteiger partial charge in [-0.25, -0.2) is 9.48 Å². The predicted molar refractivity (Wildman–Crippen MR) is 125 cm³/mol. The van der Waals surface area contributed by atoms with Crippen LogP contribution in [0, 0.1) is 0 Å². The maximum absolute atomic E-state index is 12.0. The van der Waals surface area contributed by atoms with Crippen molar-refractivity contribution in [2.24, 2.45) is 0 Å². The van der Waals surface area contributed by atoms with E-state index >= 15 is 0 Å². The number of fused-ring (bicyclic) bond motifs is 1. The van der Waals surface area contributed by atoms with Crippen molar-refractivity contribution in [3.05, 3.63) is 11.5 Å². The first kappa shape index (κ1) is 27.0. The van der Waals surface area contributed by atoms with Crippen LogP contribution in [0.15, 0.2) is 6.20 Å². The highest BCUT2D eigenvalue weighted by Crippen LogP contribution is 2.42. The summed E-state index contributed by atoms with van der Waals surface area (Å²) >= 11 is 6.17. The van der Waals surface area contributed by atoms with Gasteiger partial charge in [0.15, 0.2) is 11.9 Å². The Hall–Kier alpha value is -2.06.